The normalized spacial score (nSPS) is 17.8. The Morgan fingerprint density at radius 1 is 1.18 bits per heavy atom. The highest BCUT2D eigenvalue weighted by Gasteiger charge is 2.35. The number of halogens is 1. The van der Waals surface area contributed by atoms with Gasteiger partial charge in [0.15, 0.2) is 0 Å². The van der Waals surface area contributed by atoms with Crippen molar-refractivity contribution in [3.05, 3.63) is 64.6 Å². The maximum Gasteiger partial charge on any atom is 0.227 e. The molecule has 1 aliphatic heterocycles. The highest BCUT2D eigenvalue weighted by Crippen LogP contribution is 2.31. The highest BCUT2D eigenvalue weighted by molar-refractivity contribution is 9.10. The monoisotopic (exact) mass is 443 g/mol. The molecule has 2 atom stereocenters. The molecule has 1 fully saturated rings. The van der Waals surface area contributed by atoms with Gasteiger partial charge < -0.3 is 15.1 Å². The van der Waals surface area contributed by atoms with Crippen LogP contribution in [0.2, 0.25) is 0 Å². The second kappa shape index (κ2) is 9.34. The standard InChI is InChI=1S/C22H26BrN3O2/c1-25(2)18(12-16-8-4-3-5-9-16)14-24-22(28)17-13-21(27)26(15-17)20-11-7-6-10-19(20)23/h3-11,17-18H,12-15H2,1-2H3,(H,24,28). The number of carbonyl (C=O) groups excluding carboxylic acids is 2. The summed E-state index contributed by atoms with van der Waals surface area (Å²) in [6.45, 7) is 0.971. The molecule has 2 aromatic carbocycles. The molecule has 1 heterocycles. The van der Waals surface area contributed by atoms with Crippen LogP contribution < -0.4 is 10.2 Å². The number of para-hydroxylation sites is 1. The Bertz CT molecular complexity index is 826. The lowest BCUT2D eigenvalue weighted by molar-refractivity contribution is -0.126. The lowest BCUT2D eigenvalue weighted by Gasteiger charge is -2.25. The lowest BCUT2D eigenvalue weighted by Crippen LogP contribution is -2.43. The average Bonchev–Trinajstić information content (AvgIpc) is 3.07. The Hall–Kier alpha value is -2.18. The van der Waals surface area contributed by atoms with E-state index in [1.807, 2.05) is 56.6 Å². The van der Waals surface area contributed by atoms with E-state index in [9.17, 15) is 9.59 Å². The summed E-state index contributed by atoms with van der Waals surface area (Å²) in [6, 6.07) is 18.1. The van der Waals surface area contributed by atoms with E-state index in [-0.39, 0.29) is 30.2 Å². The summed E-state index contributed by atoms with van der Waals surface area (Å²) in [5.41, 5.74) is 2.06. The van der Waals surface area contributed by atoms with Crippen molar-refractivity contribution < 1.29 is 9.59 Å². The summed E-state index contributed by atoms with van der Waals surface area (Å²) in [6.07, 6.45) is 1.11. The first-order chi connectivity index (χ1) is 13.5. The van der Waals surface area contributed by atoms with Crippen molar-refractivity contribution in [3.8, 4) is 0 Å². The molecule has 1 N–H and O–H groups in total. The summed E-state index contributed by atoms with van der Waals surface area (Å²) in [5.74, 6) is -0.387. The van der Waals surface area contributed by atoms with Gasteiger partial charge in [-0.2, -0.15) is 0 Å². The summed E-state index contributed by atoms with van der Waals surface area (Å²) in [4.78, 5) is 29.0. The minimum absolute atomic E-state index is 0.0134. The van der Waals surface area contributed by atoms with E-state index >= 15 is 0 Å². The molecule has 0 saturated carbocycles. The molecule has 3 rings (SSSR count). The van der Waals surface area contributed by atoms with Crippen molar-refractivity contribution in [2.75, 3.05) is 32.1 Å². The molecule has 1 aliphatic rings. The van der Waals surface area contributed by atoms with Gasteiger partial charge in [-0.25, -0.2) is 0 Å². The highest BCUT2D eigenvalue weighted by atomic mass is 79.9. The maximum absolute atomic E-state index is 12.7. The van der Waals surface area contributed by atoms with Crippen LogP contribution in [0.5, 0.6) is 0 Å². The zero-order chi connectivity index (χ0) is 20.1. The Labute approximate surface area is 174 Å². The number of likely N-dealkylation sites (N-methyl/N-ethyl adjacent to an activating group) is 1. The minimum atomic E-state index is -0.320. The van der Waals surface area contributed by atoms with Crippen molar-refractivity contribution in [2.24, 2.45) is 5.92 Å². The molecular formula is C22H26BrN3O2. The molecule has 2 aromatic rings. The predicted octanol–water partition coefficient (Wildman–Crippen LogP) is 3.09. The molecule has 0 bridgehead atoms. The van der Waals surface area contributed by atoms with E-state index in [1.54, 1.807) is 4.90 Å². The van der Waals surface area contributed by atoms with E-state index in [0.29, 0.717) is 13.1 Å². The number of anilines is 1. The fourth-order valence-electron chi connectivity index (χ4n) is 3.47. The third-order valence-corrected chi connectivity index (χ3v) is 5.87. The molecule has 0 radical (unpaired) electrons. The van der Waals surface area contributed by atoms with E-state index in [1.165, 1.54) is 5.56 Å². The molecule has 0 spiro atoms. The van der Waals surface area contributed by atoms with Crippen LogP contribution in [0.15, 0.2) is 59.1 Å². The number of amides is 2. The van der Waals surface area contributed by atoms with Crippen LogP contribution in [0.3, 0.4) is 0 Å². The van der Waals surface area contributed by atoms with Crippen molar-refractivity contribution in [1.82, 2.24) is 10.2 Å². The van der Waals surface area contributed by atoms with Gasteiger partial charge in [-0.3, -0.25) is 9.59 Å². The van der Waals surface area contributed by atoms with Crippen molar-refractivity contribution >= 4 is 33.4 Å². The van der Waals surface area contributed by atoms with Gasteiger partial charge in [-0.05, 0) is 54.1 Å². The number of rotatable bonds is 7. The van der Waals surface area contributed by atoms with Gasteiger partial charge in [0.1, 0.15) is 0 Å². The fourth-order valence-corrected chi connectivity index (χ4v) is 3.97. The van der Waals surface area contributed by atoms with E-state index in [2.05, 4.69) is 38.3 Å². The molecule has 0 aromatic heterocycles. The van der Waals surface area contributed by atoms with Gasteiger partial charge in [0.05, 0.1) is 11.6 Å². The van der Waals surface area contributed by atoms with Crippen LogP contribution in [0.1, 0.15) is 12.0 Å². The molecule has 2 unspecified atom stereocenters. The molecule has 148 valence electrons. The summed E-state index contributed by atoms with van der Waals surface area (Å²) in [5, 5.41) is 3.06. The molecule has 0 aliphatic carbocycles. The van der Waals surface area contributed by atoms with Crippen LogP contribution in [0.25, 0.3) is 0 Å². The van der Waals surface area contributed by atoms with Crippen molar-refractivity contribution in [2.45, 2.75) is 18.9 Å². The third-order valence-electron chi connectivity index (χ3n) is 5.20. The third kappa shape index (κ3) is 5.00. The maximum atomic E-state index is 12.7. The molecular weight excluding hydrogens is 418 g/mol. The van der Waals surface area contributed by atoms with Gasteiger partial charge in [-0.1, -0.05) is 42.5 Å². The zero-order valence-electron chi connectivity index (χ0n) is 16.3. The van der Waals surface area contributed by atoms with Crippen LogP contribution in [0.4, 0.5) is 5.69 Å². The number of hydrogen-bond donors (Lipinski definition) is 1. The number of carbonyl (C=O) groups is 2. The first-order valence-electron chi connectivity index (χ1n) is 9.48. The largest absolute Gasteiger partial charge is 0.354 e. The zero-order valence-corrected chi connectivity index (χ0v) is 17.9. The molecule has 28 heavy (non-hydrogen) atoms. The SMILES string of the molecule is CN(C)C(CNC(=O)C1CC(=O)N(c2ccccc2Br)C1)Cc1ccccc1. The topological polar surface area (TPSA) is 52.7 Å². The second-order valence-corrected chi connectivity index (χ2v) is 8.26. The van der Waals surface area contributed by atoms with Crippen LogP contribution in [-0.4, -0.2) is 49.9 Å². The fraction of sp³-hybridized carbons (Fsp3) is 0.364. The predicted molar refractivity (Wildman–Crippen MR) is 115 cm³/mol. The van der Waals surface area contributed by atoms with Gasteiger partial charge in [0, 0.05) is 30.0 Å². The minimum Gasteiger partial charge on any atom is -0.354 e. The average molecular weight is 444 g/mol. The quantitative estimate of drug-likeness (QED) is 0.714. The summed E-state index contributed by atoms with van der Waals surface area (Å²) >= 11 is 3.49. The van der Waals surface area contributed by atoms with Gasteiger partial charge in [0.25, 0.3) is 0 Å². The Balaban J connectivity index is 1.58. The Kier molecular flexibility index (Phi) is 6.86. The second-order valence-electron chi connectivity index (χ2n) is 7.41. The van der Waals surface area contributed by atoms with E-state index in [0.717, 1.165) is 16.6 Å². The lowest BCUT2D eigenvalue weighted by atomic mass is 10.0. The number of hydrogen-bond acceptors (Lipinski definition) is 3. The van der Waals surface area contributed by atoms with Crippen LogP contribution in [-0.2, 0) is 16.0 Å². The van der Waals surface area contributed by atoms with Crippen LogP contribution >= 0.6 is 15.9 Å². The molecule has 2 amide bonds. The summed E-state index contributed by atoms with van der Waals surface area (Å²) in [7, 11) is 4.04. The van der Waals surface area contributed by atoms with Crippen molar-refractivity contribution in [1.29, 1.82) is 0 Å². The molecule has 6 heteroatoms. The van der Waals surface area contributed by atoms with Gasteiger partial charge >= 0.3 is 0 Å². The number of nitrogens with one attached hydrogen (secondary N) is 1. The van der Waals surface area contributed by atoms with Gasteiger partial charge in [-0.15, -0.1) is 0 Å². The Morgan fingerprint density at radius 2 is 1.86 bits per heavy atom. The molecule has 5 nitrogen and oxygen atoms in total. The van der Waals surface area contributed by atoms with E-state index in [4.69, 9.17) is 0 Å². The van der Waals surface area contributed by atoms with Crippen molar-refractivity contribution in [3.63, 3.8) is 0 Å². The summed E-state index contributed by atoms with van der Waals surface area (Å²) < 4.78 is 0.861. The first kappa shape index (κ1) is 20.6. The van der Waals surface area contributed by atoms with Crippen LogP contribution in [0, 0.1) is 5.92 Å². The molecule has 1 saturated heterocycles. The Morgan fingerprint density at radius 3 is 2.54 bits per heavy atom. The smallest absolute Gasteiger partial charge is 0.227 e. The van der Waals surface area contributed by atoms with Gasteiger partial charge in [0.2, 0.25) is 11.8 Å². The number of benzene rings is 2. The van der Waals surface area contributed by atoms with E-state index < -0.39 is 0 Å². The number of nitrogens with zero attached hydrogens (tertiary/aromatic N) is 2. The first-order valence-corrected chi connectivity index (χ1v) is 10.3.